The standard InChI is InChI=1S/C31H36ClN3O4S/c1-22-12-18-29(19-13-22)40(38,39)35(28-16-14-26(32)15-17-28)21-30(36)34(20-25-9-5-4-8-23(25)2)24(3)31(37)33-27-10-6-7-11-27/h4-5,8-9,12-19,24,27H,6-7,10-11,20-21H2,1-3H3,(H,33,37). The zero-order valence-electron chi connectivity index (χ0n) is 23.1. The van der Waals surface area contributed by atoms with Crippen LogP contribution in [0.1, 0.15) is 49.3 Å². The van der Waals surface area contributed by atoms with Crippen LogP contribution < -0.4 is 9.62 Å². The maximum absolute atomic E-state index is 14.0. The summed E-state index contributed by atoms with van der Waals surface area (Å²) >= 11 is 6.08. The molecule has 4 rings (SSSR count). The van der Waals surface area contributed by atoms with E-state index in [0.29, 0.717) is 10.7 Å². The maximum atomic E-state index is 14.0. The maximum Gasteiger partial charge on any atom is 0.264 e. The summed E-state index contributed by atoms with van der Waals surface area (Å²) in [5.74, 6) is -0.726. The molecule has 7 nitrogen and oxygen atoms in total. The minimum atomic E-state index is -4.12. The Bertz CT molecular complexity index is 1440. The summed E-state index contributed by atoms with van der Waals surface area (Å²) in [6.45, 7) is 5.21. The number of aryl methyl sites for hydroxylation is 2. The molecule has 0 aromatic heterocycles. The lowest BCUT2D eigenvalue weighted by Gasteiger charge is -2.33. The molecule has 2 amide bonds. The highest BCUT2D eigenvalue weighted by Crippen LogP contribution is 2.26. The summed E-state index contributed by atoms with van der Waals surface area (Å²) in [6, 6.07) is 19.8. The smallest absolute Gasteiger partial charge is 0.264 e. The monoisotopic (exact) mass is 581 g/mol. The van der Waals surface area contributed by atoms with E-state index in [9.17, 15) is 18.0 Å². The van der Waals surface area contributed by atoms with E-state index in [1.165, 1.54) is 17.0 Å². The second-order valence-corrected chi connectivity index (χ2v) is 12.7. The fourth-order valence-corrected chi connectivity index (χ4v) is 6.46. The van der Waals surface area contributed by atoms with E-state index >= 15 is 0 Å². The van der Waals surface area contributed by atoms with Crippen LogP contribution in [-0.4, -0.2) is 43.8 Å². The van der Waals surface area contributed by atoms with Crippen LogP contribution in [0.25, 0.3) is 0 Å². The molecule has 1 aliphatic carbocycles. The molecule has 0 saturated heterocycles. The summed E-state index contributed by atoms with van der Waals surface area (Å²) in [7, 11) is -4.12. The van der Waals surface area contributed by atoms with Gasteiger partial charge in [-0.05, 0) is 81.1 Å². The average Bonchev–Trinajstić information content (AvgIpc) is 3.44. The fourth-order valence-electron chi connectivity index (χ4n) is 4.92. The van der Waals surface area contributed by atoms with E-state index < -0.39 is 28.5 Å². The molecule has 40 heavy (non-hydrogen) atoms. The topological polar surface area (TPSA) is 86.8 Å². The van der Waals surface area contributed by atoms with Gasteiger partial charge in [0.25, 0.3) is 10.0 Å². The highest BCUT2D eigenvalue weighted by molar-refractivity contribution is 7.92. The number of hydrogen-bond donors (Lipinski definition) is 1. The van der Waals surface area contributed by atoms with Crippen LogP contribution in [0.15, 0.2) is 77.7 Å². The van der Waals surface area contributed by atoms with Gasteiger partial charge >= 0.3 is 0 Å². The zero-order valence-corrected chi connectivity index (χ0v) is 24.7. The summed E-state index contributed by atoms with van der Waals surface area (Å²) in [5, 5.41) is 3.53. The second-order valence-electron chi connectivity index (χ2n) is 10.4. The van der Waals surface area contributed by atoms with Crippen molar-refractivity contribution in [2.75, 3.05) is 10.8 Å². The fraction of sp³-hybridized carbons (Fsp3) is 0.355. The number of benzene rings is 3. The Labute approximate surface area is 242 Å². The molecule has 3 aromatic rings. The lowest BCUT2D eigenvalue weighted by atomic mass is 10.1. The number of nitrogens with zero attached hydrogens (tertiary/aromatic N) is 2. The lowest BCUT2D eigenvalue weighted by molar-refractivity contribution is -0.139. The van der Waals surface area contributed by atoms with Crippen LogP contribution in [-0.2, 0) is 26.2 Å². The van der Waals surface area contributed by atoms with Gasteiger partial charge in [0, 0.05) is 17.6 Å². The van der Waals surface area contributed by atoms with E-state index in [0.717, 1.165) is 46.7 Å². The Morgan fingerprint density at radius 2 is 1.57 bits per heavy atom. The van der Waals surface area contributed by atoms with Crippen molar-refractivity contribution in [2.24, 2.45) is 0 Å². The van der Waals surface area contributed by atoms with Gasteiger partial charge < -0.3 is 10.2 Å². The molecule has 3 aromatic carbocycles. The predicted octanol–water partition coefficient (Wildman–Crippen LogP) is 5.63. The summed E-state index contributed by atoms with van der Waals surface area (Å²) < 4.78 is 28.8. The van der Waals surface area contributed by atoms with Gasteiger partial charge in [0.05, 0.1) is 10.6 Å². The first-order chi connectivity index (χ1) is 19.1. The number of hydrogen-bond acceptors (Lipinski definition) is 4. The Morgan fingerprint density at radius 3 is 2.20 bits per heavy atom. The van der Waals surface area contributed by atoms with Crippen molar-refractivity contribution in [1.82, 2.24) is 10.2 Å². The van der Waals surface area contributed by atoms with Crippen molar-refractivity contribution in [3.05, 3.63) is 94.5 Å². The Morgan fingerprint density at radius 1 is 0.950 bits per heavy atom. The van der Waals surface area contributed by atoms with Gasteiger partial charge in [-0.2, -0.15) is 0 Å². The number of rotatable bonds is 10. The van der Waals surface area contributed by atoms with E-state index in [1.807, 2.05) is 38.1 Å². The normalized spacial score (nSPS) is 14.5. The zero-order chi connectivity index (χ0) is 28.9. The van der Waals surface area contributed by atoms with Crippen LogP contribution in [0, 0.1) is 13.8 Å². The van der Waals surface area contributed by atoms with Crippen molar-refractivity contribution >= 4 is 39.1 Å². The summed E-state index contributed by atoms with van der Waals surface area (Å²) in [4.78, 5) is 28.9. The molecule has 9 heteroatoms. The molecular weight excluding hydrogens is 546 g/mol. The number of halogens is 1. The van der Waals surface area contributed by atoms with Crippen LogP contribution in [0.5, 0.6) is 0 Å². The van der Waals surface area contributed by atoms with Crippen molar-refractivity contribution in [1.29, 1.82) is 0 Å². The Hall–Kier alpha value is -3.36. The van der Waals surface area contributed by atoms with Crippen molar-refractivity contribution in [3.63, 3.8) is 0 Å². The predicted molar refractivity (Wildman–Crippen MR) is 159 cm³/mol. The Kier molecular flexibility index (Phi) is 9.53. The molecule has 212 valence electrons. The number of sulfonamides is 1. The van der Waals surface area contributed by atoms with Crippen LogP contribution in [0.3, 0.4) is 0 Å². The third-order valence-corrected chi connectivity index (χ3v) is 9.51. The summed E-state index contributed by atoms with van der Waals surface area (Å²) in [6.07, 6.45) is 3.98. The third-order valence-electron chi connectivity index (χ3n) is 7.47. The minimum Gasteiger partial charge on any atom is -0.352 e. The van der Waals surface area contributed by atoms with Crippen molar-refractivity contribution in [2.45, 2.75) is 70.0 Å². The molecule has 0 bridgehead atoms. The van der Waals surface area contributed by atoms with Gasteiger partial charge in [-0.25, -0.2) is 8.42 Å². The third kappa shape index (κ3) is 7.04. The van der Waals surface area contributed by atoms with Gasteiger partial charge in [-0.3, -0.25) is 13.9 Å². The molecule has 1 N–H and O–H groups in total. The van der Waals surface area contributed by atoms with Gasteiger partial charge in [-0.15, -0.1) is 0 Å². The first-order valence-corrected chi connectivity index (χ1v) is 15.4. The largest absolute Gasteiger partial charge is 0.352 e. The molecule has 1 fully saturated rings. The lowest BCUT2D eigenvalue weighted by Crippen LogP contribution is -2.52. The first-order valence-electron chi connectivity index (χ1n) is 13.6. The van der Waals surface area contributed by atoms with Gasteiger partial charge in [-0.1, -0.05) is 66.4 Å². The van der Waals surface area contributed by atoms with Crippen LogP contribution in [0.2, 0.25) is 5.02 Å². The highest BCUT2D eigenvalue weighted by atomic mass is 35.5. The number of anilines is 1. The number of carbonyl (C=O) groups is 2. The van der Waals surface area contributed by atoms with Crippen LogP contribution >= 0.6 is 11.6 Å². The number of carbonyl (C=O) groups excluding carboxylic acids is 2. The number of amides is 2. The minimum absolute atomic E-state index is 0.0679. The van der Waals surface area contributed by atoms with Crippen LogP contribution in [0.4, 0.5) is 5.69 Å². The molecule has 1 unspecified atom stereocenters. The van der Waals surface area contributed by atoms with Gasteiger partial charge in [0.2, 0.25) is 11.8 Å². The van der Waals surface area contributed by atoms with E-state index in [-0.39, 0.29) is 23.4 Å². The second kappa shape index (κ2) is 12.9. The average molecular weight is 582 g/mol. The highest BCUT2D eigenvalue weighted by Gasteiger charge is 2.33. The van der Waals surface area contributed by atoms with E-state index in [2.05, 4.69) is 5.32 Å². The quantitative estimate of drug-likeness (QED) is 0.336. The molecule has 0 heterocycles. The van der Waals surface area contributed by atoms with E-state index in [4.69, 9.17) is 11.6 Å². The summed E-state index contributed by atoms with van der Waals surface area (Å²) in [5.41, 5.74) is 3.08. The SMILES string of the molecule is Cc1ccc(S(=O)(=O)N(CC(=O)N(Cc2ccccc2C)C(C)C(=O)NC2CCCC2)c2ccc(Cl)cc2)cc1. The molecule has 0 radical (unpaired) electrons. The first kappa shape index (κ1) is 29.6. The van der Waals surface area contributed by atoms with Crippen molar-refractivity contribution < 1.29 is 18.0 Å². The van der Waals surface area contributed by atoms with Gasteiger partial charge in [0.1, 0.15) is 12.6 Å². The molecular formula is C31H36ClN3O4S. The van der Waals surface area contributed by atoms with Gasteiger partial charge in [0.15, 0.2) is 0 Å². The molecule has 0 aliphatic heterocycles. The van der Waals surface area contributed by atoms with E-state index in [1.54, 1.807) is 43.3 Å². The molecule has 0 spiro atoms. The van der Waals surface area contributed by atoms with Crippen molar-refractivity contribution in [3.8, 4) is 0 Å². The molecule has 1 aliphatic rings. The Balaban J connectivity index is 1.69. The number of nitrogens with one attached hydrogen (secondary N) is 1. The molecule has 1 saturated carbocycles. The molecule has 1 atom stereocenters.